The highest BCUT2D eigenvalue weighted by atomic mass is 16.2. The highest BCUT2D eigenvalue weighted by Gasteiger charge is 2.12. The third-order valence-corrected chi connectivity index (χ3v) is 2.35. The van der Waals surface area contributed by atoms with Gasteiger partial charge in [0.25, 0.3) is 0 Å². The van der Waals surface area contributed by atoms with E-state index in [4.69, 9.17) is 5.73 Å². The lowest BCUT2D eigenvalue weighted by atomic mass is 10.1. The first-order valence-corrected chi connectivity index (χ1v) is 5.61. The Kier molecular flexibility index (Phi) is 4.92. The van der Waals surface area contributed by atoms with Gasteiger partial charge in [-0.25, -0.2) is 0 Å². The van der Waals surface area contributed by atoms with E-state index in [1.165, 1.54) is 0 Å². The molecule has 0 saturated heterocycles. The van der Waals surface area contributed by atoms with Crippen LogP contribution in [0.1, 0.15) is 31.7 Å². The number of nitrogens with one attached hydrogen (secondary N) is 1. The predicted molar refractivity (Wildman–Crippen MR) is 65.1 cm³/mol. The number of nitrogens with two attached hydrogens (primary N) is 1. The van der Waals surface area contributed by atoms with Crippen LogP contribution in [0.4, 0.5) is 5.69 Å². The number of hydrogen-bond acceptors (Lipinski definition) is 3. The highest BCUT2D eigenvalue weighted by molar-refractivity contribution is 5.94. The van der Waals surface area contributed by atoms with Crippen molar-refractivity contribution < 1.29 is 4.79 Å². The molecule has 1 heterocycles. The zero-order valence-corrected chi connectivity index (χ0v) is 9.86. The average Bonchev–Trinajstić information content (AvgIpc) is 2.25. The molecule has 0 aliphatic rings. The third kappa shape index (κ3) is 3.98. The van der Waals surface area contributed by atoms with Crippen molar-refractivity contribution in [2.45, 2.75) is 39.2 Å². The van der Waals surface area contributed by atoms with Crippen molar-refractivity contribution in [1.29, 1.82) is 0 Å². The maximum Gasteiger partial charge on any atom is 0.241 e. The molecule has 0 bridgehead atoms. The van der Waals surface area contributed by atoms with E-state index >= 15 is 0 Å². The Morgan fingerprint density at radius 3 is 2.94 bits per heavy atom. The van der Waals surface area contributed by atoms with Gasteiger partial charge in [0.1, 0.15) is 0 Å². The second kappa shape index (κ2) is 6.23. The number of unbranched alkanes of at least 4 members (excludes halogenated alkanes) is 1. The molecule has 0 radical (unpaired) electrons. The third-order valence-electron chi connectivity index (χ3n) is 2.35. The number of carbonyl (C=O) groups is 1. The molecule has 1 atom stereocenters. The number of aryl methyl sites for hydroxylation is 1. The van der Waals surface area contributed by atoms with Crippen LogP contribution in [0.5, 0.6) is 0 Å². The first-order valence-electron chi connectivity index (χ1n) is 5.61. The second-order valence-electron chi connectivity index (χ2n) is 3.99. The number of carbonyl (C=O) groups excluding carboxylic acids is 1. The Morgan fingerprint density at radius 1 is 1.56 bits per heavy atom. The van der Waals surface area contributed by atoms with Crippen LogP contribution in [0.15, 0.2) is 18.5 Å². The van der Waals surface area contributed by atoms with Gasteiger partial charge in [0.2, 0.25) is 5.91 Å². The fraction of sp³-hybridized carbons (Fsp3) is 0.500. The highest BCUT2D eigenvalue weighted by Crippen LogP contribution is 2.08. The number of aromatic nitrogens is 1. The van der Waals surface area contributed by atoms with Crippen LogP contribution in [0.3, 0.4) is 0 Å². The van der Waals surface area contributed by atoms with Crippen LogP contribution in [0.25, 0.3) is 0 Å². The standard InChI is InChI=1S/C12H19N3O/c1-3-4-5-11(13)12(16)15-10-6-9(2)7-14-8-10/h6-8,11H,3-5,13H2,1-2H3,(H,15,16). The van der Waals surface area contributed by atoms with E-state index in [1.54, 1.807) is 12.4 Å². The molecule has 0 spiro atoms. The monoisotopic (exact) mass is 221 g/mol. The Labute approximate surface area is 96.3 Å². The van der Waals surface area contributed by atoms with Crippen molar-refractivity contribution in [3.05, 3.63) is 24.0 Å². The average molecular weight is 221 g/mol. The summed E-state index contributed by atoms with van der Waals surface area (Å²) in [5.41, 5.74) is 7.48. The maximum absolute atomic E-state index is 11.7. The van der Waals surface area contributed by atoms with E-state index in [-0.39, 0.29) is 5.91 Å². The van der Waals surface area contributed by atoms with Crippen LogP contribution in [-0.4, -0.2) is 16.9 Å². The van der Waals surface area contributed by atoms with Crippen molar-refractivity contribution in [2.24, 2.45) is 5.73 Å². The molecule has 0 fully saturated rings. The molecule has 4 nitrogen and oxygen atoms in total. The second-order valence-corrected chi connectivity index (χ2v) is 3.99. The minimum atomic E-state index is -0.430. The summed E-state index contributed by atoms with van der Waals surface area (Å²) in [6.07, 6.45) is 6.11. The SMILES string of the molecule is CCCCC(N)C(=O)Nc1cncc(C)c1. The van der Waals surface area contributed by atoms with Gasteiger partial charge in [-0.1, -0.05) is 19.8 Å². The minimum Gasteiger partial charge on any atom is -0.323 e. The van der Waals surface area contributed by atoms with E-state index in [1.807, 2.05) is 13.0 Å². The fourth-order valence-corrected chi connectivity index (χ4v) is 1.41. The molecule has 1 aromatic rings. The Hall–Kier alpha value is -1.42. The molecule has 0 aromatic carbocycles. The molecular formula is C12H19N3O. The molecule has 3 N–H and O–H groups in total. The van der Waals surface area contributed by atoms with Crippen LogP contribution in [0, 0.1) is 6.92 Å². The summed E-state index contributed by atoms with van der Waals surface area (Å²) in [5, 5.41) is 2.76. The Morgan fingerprint density at radius 2 is 2.31 bits per heavy atom. The zero-order valence-electron chi connectivity index (χ0n) is 9.86. The Balaban J connectivity index is 2.50. The summed E-state index contributed by atoms with van der Waals surface area (Å²) in [6, 6.07) is 1.44. The molecule has 88 valence electrons. The van der Waals surface area contributed by atoms with E-state index in [0.29, 0.717) is 5.69 Å². The normalized spacial score (nSPS) is 12.2. The van der Waals surface area contributed by atoms with Crippen LogP contribution in [-0.2, 0) is 4.79 Å². The molecule has 4 heteroatoms. The van der Waals surface area contributed by atoms with Crippen LogP contribution >= 0.6 is 0 Å². The van der Waals surface area contributed by atoms with Gasteiger partial charge in [0, 0.05) is 6.20 Å². The summed E-state index contributed by atoms with van der Waals surface area (Å²) in [6.45, 7) is 4.01. The van der Waals surface area contributed by atoms with Gasteiger partial charge in [-0.05, 0) is 25.0 Å². The summed E-state index contributed by atoms with van der Waals surface area (Å²) < 4.78 is 0. The van der Waals surface area contributed by atoms with Crippen LogP contribution in [0.2, 0.25) is 0 Å². The fourth-order valence-electron chi connectivity index (χ4n) is 1.41. The van der Waals surface area contributed by atoms with Gasteiger partial charge >= 0.3 is 0 Å². The lowest BCUT2D eigenvalue weighted by molar-refractivity contribution is -0.117. The zero-order chi connectivity index (χ0) is 12.0. The van der Waals surface area contributed by atoms with E-state index < -0.39 is 6.04 Å². The van der Waals surface area contributed by atoms with Gasteiger partial charge in [-0.15, -0.1) is 0 Å². The topological polar surface area (TPSA) is 68.0 Å². The number of rotatable bonds is 5. The summed E-state index contributed by atoms with van der Waals surface area (Å²) in [4.78, 5) is 15.7. The largest absolute Gasteiger partial charge is 0.323 e. The first-order chi connectivity index (χ1) is 7.63. The quantitative estimate of drug-likeness (QED) is 0.797. The summed E-state index contributed by atoms with van der Waals surface area (Å²) in [5.74, 6) is -0.138. The minimum absolute atomic E-state index is 0.138. The van der Waals surface area contributed by atoms with Crippen molar-refractivity contribution in [2.75, 3.05) is 5.32 Å². The van der Waals surface area contributed by atoms with Gasteiger partial charge in [0.15, 0.2) is 0 Å². The molecular weight excluding hydrogens is 202 g/mol. The van der Waals surface area contributed by atoms with E-state index in [2.05, 4.69) is 17.2 Å². The summed E-state index contributed by atoms with van der Waals surface area (Å²) in [7, 11) is 0. The predicted octanol–water partition coefficient (Wildman–Crippen LogP) is 1.85. The molecule has 1 amide bonds. The van der Waals surface area contributed by atoms with Crippen molar-refractivity contribution in [3.8, 4) is 0 Å². The van der Waals surface area contributed by atoms with Crippen LogP contribution < -0.4 is 11.1 Å². The van der Waals surface area contributed by atoms with Crippen molar-refractivity contribution in [3.63, 3.8) is 0 Å². The molecule has 0 aliphatic carbocycles. The first kappa shape index (κ1) is 12.6. The number of nitrogens with zero attached hydrogens (tertiary/aromatic N) is 1. The van der Waals surface area contributed by atoms with Gasteiger partial charge < -0.3 is 11.1 Å². The lowest BCUT2D eigenvalue weighted by Crippen LogP contribution is -2.35. The smallest absolute Gasteiger partial charge is 0.241 e. The number of anilines is 1. The summed E-state index contributed by atoms with van der Waals surface area (Å²) >= 11 is 0. The molecule has 0 saturated carbocycles. The molecule has 0 aliphatic heterocycles. The molecule has 16 heavy (non-hydrogen) atoms. The molecule has 1 aromatic heterocycles. The van der Waals surface area contributed by atoms with Gasteiger partial charge in [-0.2, -0.15) is 0 Å². The number of hydrogen-bond donors (Lipinski definition) is 2. The number of pyridine rings is 1. The van der Waals surface area contributed by atoms with Crippen molar-refractivity contribution in [1.82, 2.24) is 4.98 Å². The lowest BCUT2D eigenvalue weighted by Gasteiger charge is -2.11. The van der Waals surface area contributed by atoms with E-state index in [9.17, 15) is 4.79 Å². The Bertz CT molecular complexity index is 352. The van der Waals surface area contributed by atoms with Gasteiger partial charge in [0.05, 0.1) is 17.9 Å². The van der Waals surface area contributed by atoms with Gasteiger partial charge in [-0.3, -0.25) is 9.78 Å². The maximum atomic E-state index is 11.7. The van der Waals surface area contributed by atoms with E-state index in [0.717, 1.165) is 24.8 Å². The molecule has 1 unspecified atom stereocenters. The molecule has 1 rings (SSSR count). The van der Waals surface area contributed by atoms with Crippen molar-refractivity contribution >= 4 is 11.6 Å². The number of amides is 1.